The lowest BCUT2D eigenvalue weighted by molar-refractivity contribution is -0.150. The van der Waals surface area contributed by atoms with E-state index in [9.17, 15) is 19.1 Å². The molecule has 0 aromatic heterocycles. The zero-order valence-corrected chi connectivity index (χ0v) is 16.7. The molecule has 0 bridgehead atoms. The minimum Gasteiger partial charge on any atom is -0.389 e. The van der Waals surface area contributed by atoms with Gasteiger partial charge in [-0.3, -0.25) is 9.59 Å². The van der Waals surface area contributed by atoms with Crippen molar-refractivity contribution in [2.75, 3.05) is 26.3 Å². The molecule has 7 nitrogen and oxygen atoms in total. The van der Waals surface area contributed by atoms with E-state index >= 15 is 0 Å². The number of nitrogens with zero attached hydrogens (tertiary/aromatic N) is 1. The first-order valence-electron chi connectivity index (χ1n) is 10.2. The predicted octanol–water partition coefficient (Wildman–Crippen LogP) is 1.49. The SMILES string of the molecule is CCCNC(=O)C[C@H]1CC[C@H]2[C@@H](COC[C@@H](O)CN2C(=O)c2ccc(F)cc2)O1. The van der Waals surface area contributed by atoms with Crippen LogP contribution in [0.25, 0.3) is 0 Å². The highest BCUT2D eigenvalue weighted by Gasteiger charge is 2.40. The number of rotatable bonds is 5. The smallest absolute Gasteiger partial charge is 0.254 e. The molecule has 0 aliphatic carbocycles. The topological polar surface area (TPSA) is 88.1 Å². The summed E-state index contributed by atoms with van der Waals surface area (Å²) >= 11 is 0. The molecule has 2 amide bonds. The van der Waals surface area contributed by atoms with Crippen molar-refractivity contribution in [3.05, 3.63) is 35.6 Å². The molecule has 2 aliphatic heterocycles. The Labute approximate surface area is 170 Å². The van der Waals surface area contributed by atoms with Crippen LogP contribution in [0.4, 0.5) is 4.39 Å². The van der Waals surface area contributed by atoms with E-state index in [1.54, 1.807) is 4.90 Å². The summed E-state index contributed by atoms with van der Waals surface area (Å²) in [4.78, 5) is 26.7. The summed E-state index contributed by atoms with van der Waals surface area (Å²) in [5.41, 5.74) is 0.361. The number of aliphatic hydroxyl groups excluding tert-OH is 1. The van der Waals surface area contributed by atoms with Crippen molar-refractivity contribution in [2.45, 2.75) is 57.0 Å². The third-order valence-corrected chi connectivity index (χ3v) is 5.32. The molecule has 0 saturated carbocycles. The quantitative estimate of drug-likeness (QED) is 0.771. The number of ether oxygens (including phenoxy) is 2. The lowest BCUT2D eigenvalue weighted by atomic mass is 9.94. The number of aliphatic hydroxyl groups is 1. The molecule has 2 saturated heterocycles. The van der Waals surface area contributed by atoms with E-state index in [1.807, 2.05) is 6.92 Å². The van der Waals surface area contributed by atoms with Crippen LogP contribution < -0.4 is 5.32 Å². The maximum Gasteiger partial charge on any atom is 0.254 e. The van der Waals surface area contributed by atoms with Gasteiger partial charge in [-0.1, -0.05) is 6.92 Å². The minimum atomic E-state index is -0.808. The van der Waals surface area contributed by atoms with Crippen LogP contribution in [0.15, 0.2) is 24.3 Å². The lowest BCUT2D eigenvalue weighted by Crippen LogP contribution is -2.57. The van der Waals surface area contributed by atoms with Gasteiger partial charge in [-0.2, -0.15) is 0 Å². The van der Waals surface area contributed by atoms with E-state index in [4.69, 9.17) is 9.47 Å². The van der Waals surface area contributed by atoms with Crippen molar-refractivity contribution < 1.29 is 28.6 Å². The van der Waals surface area contributed by atoms with Crippen molar-refractivity contribution in [3.63, 3.8) is 0 Å². The minimum absolute atomic E-state index is 0.0447. The van der Waals surface area contributed by atoms with Crippen molar-refractivity contribution in [2.24, 2.45) is 0 Å². The summed E-state index contributed by atoms with van der Waals surface area (Å²) in [6.45, 7) is 3.08. The number of benzene rings is 1. The van der Waals surface area contributed by atoms with Crippen LogP contribution in [-0.4, -0.2) is 72.5 Å². The number of hydrogen-bond donors (Lipinski definition) is 2. The Morgan fingerprint density at radius 3 is 2.72 bits per heavy atom. The number of amides is 2. The molecule has 160 valence electrons. The highest BCUT2D eigenvalue weighted by Crippen LogP contribution is 2.28. The second-order valence-corrected chi connectivity index (χ2v) is 7.65. The number of nitrogens with one attached hydrogen (secondary N) is 1. The van der Waals surface area contributed by atoms with Gasteiger partial charge in [0.2, 0.25) is 5.91 Å². The second kappa shape index (κ2) is 10.1. The Kier molecular flexibility index (Phi) is 7.57. The van der Waals surface area contributed by atoms with Gasteiger partial charge in [-0.25, -0.2) is 4.39 Å². The van der Waals surface area contributed by atoms with Crippen molar-refractivity contribution in [1.82, 2.24) is 10.2 Å². The number of carbonyl (C=O) groups is 2. The average Bonchev–Trinajstić information content (AvgIpc) is 2.70. The van der Waals surface area contributed by atoms with Crippen molar-refractivity contribution >= 4 is 11.8 Å². The van der Waals surface area contributed by atoms with Gasteiger partial charge < -0.3 is 24.8 Å². The third kappa shape index (κ3) is 5.74. The maximum atomic E-state index is 13.2. The first kappa shape index (κ1) is 21.7. The molecule has 1 aromatic carbocycles. The average molecular weight is 408 g/mol. The number of hydrogen-bond acceptors (Lipinski definition) is 5. The van der Waals surface area contributed by atoms with Crippen LogP contribution in [0.1, 0.15) is 43.0 Å². The molecule has 1 aromatic rings. The monoisotopic (exact) mass is 408 g/mol. The molecular formula is C21H29FN2O5. The van der Waals surface area contributed by atoms with E-state index in [1.165, 1.54) is 24.3 Å². The normalized spacial score (nSPS) is 27.5. The van der Waals surface area contributed by atoms with Crippen LogP contribution in [0.5, 0.6) is 0 Å². The Bertz CT molecular complexity index is 699. The summed E-state index contributed by atoms with van der Waals surface area (Å²) in [6, 6.07) is 5.10. The molecule has 2 heterocycles. The van der Waals surface area contributed by atoms with Gasteiger partial charge in [-0.15, -0.1) is 0 Å². The zero-order valence-electron chi connectivity index (χ0n) is 16.7. The molecule has 0 spiro atoms. The Hall–Kier alpha value is -2.03. The summed E-state index contributed by atoms with van der Waals surface area (Å²) < 4.78 is 24.9. The Balaban J connectivity index is 1.71. The molecule has 0 radical (unpaired) electrons. The van der Waals surface area contributed by atoms with E-state index in [0.717, 1.165) is 6.42 Å². The summed E-state index contributed by atoms with van der Waals surface area (Å²) in [5, 5.41) is 13.0. The number of halogens is 1. The first-order valence-corrected chi connectivity index (χ1v) is 10.2. The highest BCUT2D eigenvalue weighted by atomic mass is 19.1. The number of fused-ring (bicyclic) bond motifs is 1. The summed E-state index contributed by atoms with van der Waals surface area (Å²) in [5.74, 6) is -0.730. The maximum absolute atomic E-state index is 13.2. The number of β-amino-alcohol motifs (C(OH)–C–C–N with tert-alkyl or cyclic N) is 1. The highest BCUT2D eigenvalue weighted by molar-refractivity contribution is 5.94. The van der Waals surface area contributed by atoms with Crippen LogP contribution in [0, 0.1) is 5.82 Å². The van der Waals surface area contributed by atoms with Gasteiger partial charge in [0, 0.05) is 18.7 Å². The van der Waals surface area contributed by atoms with E-state index in [2.05, 4.69) is 5.32 Å². The van der Waals surface area contributed by atoms with Gasteiger partial charge in [0.1, 0.15) is 11.9 Å². The molecule has 2 N–H and O–H groups in total. The molecule has 2 fully saturated rings. The predicted molar refractivity (Wildman–Crippen MR) is 104 cm³/mol. The van der Waals surface area contributed by atoms with Gasteiger partial charge >= 0.3 is 0 Å². The van der Waals surface area contributed by atoms with Crippen molar-refractivity contribution in [3.8, 4) is 0 Å². The van der Waals surface area contributed by atoms with Gasteiger partial charge in [0.05, 0.1) is 37.9 Å². The van der Waals surface area contributed by atoms with Crippen LogP contribution in [-0.2, 0) is 14.3 Å². The van der Waals surface area contributed by atoms with Gasteiger partial charge in [0.15, 0.2) is 0 Å². The number of carbonyl (C=O) groups excluding carboxylic acids is 2. The second-order valence-electron chi connectivity index (χ2n) is 7.65. The van der Waals surface area contributed by atoms with Crippen LogP contribution in [0.3, 0.4) is 0 Å². The fourth-order valence-electron chi connectivity index (χ4n) is 3.88. The van der Waals surface area contributed by atoms with Gasteiger partial charge in [0.25, 0.3) is 5.91 Å². The fourth-order valence-corrected chi connectivity index (χ4v) is 3.88. The Morgan fingerprint density at radius 1 is 1.24 bits per heavy atom. The zero-order chi connectivity index (χ0) is 20.8. The van der Waals surface area contributed by atoms with E-state index in [0.29, 0.717) is 24.9 Å². The van der Waals surface area contributed by atoms with E-state index < -0.39 is 11.9 Å². The first-order chi connectivity index (χ1) is 14.0. The third-order valence-electron chi connectivity index (χ3n) is 5.32. The molecule has 4 atom stereocenters. The molecule has 0 unspecified atom stereocenters. The standard InChI is InChI=1S/C21H29FN2O5/c1-2-9-23-20(26)10-17-7-8-18-19(29-17)13-28-12-16(25)11-24(18)21(27)14-3-5-15(22)6-4-14/h3-6,16-19,25H,2,7-13H2,1H3,(H,23,26)/t16-,17+,18-,19+/m0/s1. The van der Waals surface area contributed by atoms with Crippen molar-refractivity contribution in [1.29, 1.82) is 0 Å². The summed E-state index contributed by atoms with van der Waals surface area (Å²) in [6.07, 6.45) is 0.992. The lowest BCUT2D eigenvalue weighted by Gasteiger charge is -2.44. The van der Waals surface area contributed by atoms with Gasteiger partial charge in [-0.05, 0) is 43.5 Å². The fraction of sp³-hybridized carbons (Fsp3) is 0.619. The molecule has 8 heteroatoms. The van der Waals surface area contributed by atoms with E-state index in [-0.39, 0.29) is 56.2 Å². The molecule has 29 heavy (non-hydrogen) atoms. The summed E-state index contributed by atoms with van der Waals surface area (Å²) in [7, 11) is 0. The molecule has 3 rings (SSSR count). The van der Waals surface area contributed by atoms with Crippen LogP contribution >= 0.6 is 0 Å². The van der Waals surface area contributed by atoms with Crippen LogP contribution in [0.2, 0.25) is 0 Å². The largest absolute Gasteiger partial charge is 0.389 e. The Morgan fingerprint density at radius 2 is 2.00 bits per heavy atom. The molecular weight excluding hydrogens is 379 g/mol. The molecule has 2 aliphatic rings.